The molecule has 1 fully saturated rings. The molecule has 1 heterocycles. The van der Waals surface area contributed by atoms with Crippen LogP contribution in [0.15, 0.2) is 10.7 Å². The molecule has 3 nitrogen and oxygen atoms in total. The normalized spacial score (nSPS) is 29.3. The maximum absolute atomic E-state index is 6.03. The maximum atomic E-state index is 6.03. The van der Waals surface area contributed by atoms with Crippen LogP contribution in [0.1, 0.15) is 38.4 Å². The average molecular weight is 320 g/mol. The summed E-state index contributed by atoms with van der Waals surface area (Å²) in [6.45, 7) is 2.27. The summed E-state index contributed by atoms with van der Waals surface area (Å²) in [6.07, 6.45) is 5.91. The van der Waals surface area contributed by atoms with Gasteiger partial charge in [-0.2, -0.15) is 0 Å². The van der Waals surface area contributed by atoms with Crippen LogP contribution in [-0.2, 0) is 10.3 Å². The Morgan fingerprint density at radius 3 is 2.65 bits per heavy atom. The van der Waals surface area contributed by atoms with E-state index in [1.165, 1.54) is 0 Å². The van der Waals surface area contributed by atoms with Crippen LogP contribution in [0.4, 0.5) is 0 Å². The second-order valence-corrected chi connectivity index (χ2v) is 5.93. The molecule has 0 radical (unpaired) electrons. The molecular weight excluding hydrogens is 304 g/mol. The quantitative estimate of drug-likeness (QED) is 0.774. The van der Waals surface area contributed by atoms with E-state index in [9.17, 15) is 0 Å². The lowest BCUT2D eigenvalue weighted by molar-refractivity contribution is -0.0597. The van der Waals surface area contributed by atoms with Crippen LogP contribution >= 0.6 is 27.5 Å². The molecular formula is C12H16BrClN2O. The first-order chi connectivity index (χ1) is 8.07. The van der Waals surface area contributed by atoms with Crippen molar-refractivity contribution >= 4 is 27.5 Å². The molecule has 94 valence electrons. The fraction of sp³-hybridized carbons (Fsp3) is 0.667. The maximum Gasteiger partial charge on any atom is 0.162 e. The molecule has 0 aromatic carbocycles. The summed E-state index contributed by atoms with van der Waals surface area (Å²) in [7, 11) is 1.73. The Kier molecular flexibility index (Phi) is 4.06. The third-order valence-corrected chi connectivity index (χ3v) is 4.68. The Morgan fingerprint density at radius 1 is 1.47 bits per heavy atom. The monoisotopic (exact) mass is 318 g/mol. The fourth-order valence-corrected chi connectivity index (χ4v) is 2.63. The number of rotatable bonds is 2. The molecule has 0 N–H and O–H groups in total. The minimum atomic E-state index is -0.350. The van der Waals surface area contributed by atoms with E-state index in [0.29, 0.717) is 11.0 Å². The number of aromatic nitrogens is 2. The summed E-state index contributed by atoms with van der Waals surface area (Å²) in [4.78, 5) is 8.71. The molecule has 0 atom stereocenters. The first kappa shape index (κ1) is 13.2. The van der Waals surface area contributed by atoms with E-state index in [4.69, 9.17) is 16.3 Å². The molecule has 2 rings (SSSR count). The number of hydrogen-bond donors (Lipinski definition) is 0. The van der Waals surface area contributed by atoms with Crippen molar-refractivity contribution < 1.29 is 4.74 Å². The highest BCUT2D eigenvalue weighted by atomic mass is 79.9. The fourth-order valence-electron chi connectivity index (χ4n) is 2.31. The molecule has 5 heteroatoms. The van der Waals surface area contributed by atoms with Gasteiger partial charge in [-0.05, 0) is 47.5 Å². The van der Waals surface area contributed by atoms with Crippen LogP contribution in [-0.4, -0.2) is 17.1 Å². The zero-order valence-corrected chi connectivity index (χ0v) is 12.4. The van der Waals surface area contributed by atoms with Crippen LogP contribution < -0.4 is 0 Å². The predicted octanol–water partition coefficient (Wildman–Crippen LogP) is 3.94. The number of nitrogens with zero attached hydrogens (tertiary/aromatic N) is 2. The van der Waals surface area contributed by atoms with Gasteiger partial charge < -0.3 is 4.74 Å². The summed E-state index contributed by atoms with van der Waals surface area (Å²) >= 11 is 9.33. The van der Waals surface area contributed by atoms with Crippen LogP contribution in [0, 0.1) is 5.92 Å². The third kappa shape index (κ3) is 2.64. The summed E-state index contributed by atoms with van der Waals surface area (Å²) in [5.74, 6) is 1.46. The minimum Gasteiger partial charge on any atom is -0.370 e. The highest BCUT2D eigenvalue weighted by Gasteiger charge is 2.38. The molecule has 0 bridgehead atoms. The molecule has 1 aromatic heterocycles. The van der Waals surface area contributed by atoms with Crippen molar-refractivity contribution in [3.63, 3.8) is 0 Å². The number of ether oxygens (including phenoxy) is 1. The van der Waals surface area contributed by atoms with Gasteiger partial charge in [0, 0.05) is 13.3 Å². The van der Waals surface area contributed by atoms with E-state index < -0.39 is 0 Å². The Morgan fingerprint density at radius 2 is 2.12 bits per heavy atom. The zero-order chi connectivity index (χ0) is 12.5. The van der Waals surface area contributed by atoms with Crippen LogP contribution in [0.3, 0.4) is 0 Å². The standard InChI is InChI=1S/C12H16BrClN2O/c1-8-3-5-12(17-2,6-4-8)11-15-7-9(13)10(14)16-11/h7-8H,3-6H2,1-2H3. The van der Waals surface area contributed by atoms with Gasteiger partial charge in [0.1, 0.15) is 10.8 Å². The van der Waals surface area contributed by atoms with Crippen molar-refractivity contribution in [2.75, 3.05) is 7.11 Å². The van der Waals surface area contributed by atoms with Crippen molar-refractivity contribution in [3.8, 4) is 0 Å². The van der Waals surface area contributed by atoms with Gasteiger partial charge in [0.25, 0.3) is 0 Å². The molecule has 1 aliphatic carbocycles. The van der Waals surface area contributed by atoms with Crippen molar-refractivity contribution in [1.29, 1.82) is 0 Å². The molecule has 17 heavy (non-hydrogen) atoms. The van der Waals surface area contributed by atoms with Gasteiger partial charge >= 0.3 is 0 Å². The second-order valence-electron chi connectivity index (χ2n) is 4.71. The van der Waals surface area contributed by atoms with E-state index in [1.54, 1.807) is 13.3 Å². The van der Waals surface area contributed by atoms with Gasteiger partial charge in [-0.3, -0.25) is 0 Å². The summed E-state index contributed by atoms with van der Waals surface area (Å²) < 4.78 is 6.43. The van der Waals surface area contributed by atoms with Gasteiger partial charge in [0.05, 0.1) is 4.47 Å². The molecule has 0 saturated heterocycles. The summed E-state index contributed by atoms with van der Waals surface area (Å²) in [6, 6.07) is 0. The van der Waals surface area contributed by atoms with Crippen molar-refractivity contribution in [2.45, 2.75) is 38.2 Å². The molecule has 0 unspecified atom stereocenters. The van der Waals surface area contributed by atoms with Gasteiger partial charge in [-0.15, -0.1) is 0 Å². The molecule has 0 aliphatic heterocycles. The SMILES string of the molecule is COC1(c2ncc(Br)c(Cl)n2)CCC(C)CC1. The lowest BCUT2D eigenvalue weighted by atomic mass is 9.79. The van der Waals surface area contributed by atoms with Crippen LogP contribution in [0.25, 0.3) is 0 Å². The Labute approximate surface area is 115 Å². The smallest absolute Gasteiger partial charge is 0.162 e. The highest BCUT2D eigenvalue weighted by Crippen LogP contribution is 2.41. The first-order valence-electron chi connectivity index (χ1n) is 5.81. The van der Waals surface area contributed by atoms with Crippen molar-refractivity contribution in [3.05, 3.63) is 21.6 Å². The van der Waals surface area contributed by atoms with E-state index in [0.717, 1.165) is 36.1 Å². The second kappa shape index (κ2) is 5.21. The van der Waals surface area contributed by atoms with Gasteiger partial charge in [0.2, 0.25) is 0 Å². The third-order valence-electron chi connectivity index (χ3n) is 3.58. The molecule has 0 amide bonds. The predicted molar refractivity (Wildman–Crippen MR) is 71.1 cm³/mol. The molecule has 1 saturated carbocycles. The van der Waals surface area contributed by atoms with Gasteiger partial charge in [-0.1, -0.05) is 18.5 Å². The lowest BCUT2D eigenvalue weighted by Crippen LogP contribution is -2.35. The van der Waals surface area contributed by atoms with Crippen molar-refractivity contribution in [2.24, 2.45) is 5.92 Å². The van der Waals surface area contributed by atoms with Gasteiger partial charge in [-0.25, -0.2) is 9.97 Å². The summed E-state index contributed by atoms with van der Waals surface area (Å²) in [5, 5.41) is 0.449. The Bertz CT molecular complexity index is 405. The van der Waals surface area contributed by atoms with E-state index in [2.05, 4.69) is 32.8 Å². The highest BCUT2D eigenvalue weighted by molar-refractivity contribution is 9.10. The molecule has 1 aromatic rings. The average Bonchev–Trinajstić information content (AvgIpc) is 2.34. The van der Waals surface area contributed by atoms with Crippen LogP contribution in [0.5, 0.6) is 0 Å². The largest absolute Gasteiger partial charge is 0.370 e. The minimum absolute atomic E-state index is 0.350. The zero-order valence-electron chi connectivity index (χ0n) is 10.0. The van der Waals surface area contributed by atoms with Crippen molar-refractivity contribution in [1.82, 2.24) is 9.97 Å². The van der Waals surface area contributed by atoms with Gasteiger partial charge in [0.15, 0.2) is 5.82 Å². The number of halogens is 2. The van der Waals surface area contributed by atoms with E-state index >= 15 is 0 Å². The molecule has 1 aliphatic rings. The number of hydrogen-bond acceptors (Lipinski definition) is 3. The van der Waals surface area contributed by atoms with E-state index in [1.807, 2.05) is 0 Å². The first-order valence-corrected chi connectivity index (χ1v) is 6.98. The lowest BCUT2D eigenvalue weighted by Gasteiger charge is -2.36. The number of methoxy groups -OCH3 is 1. The summed E-state index contributed by atoms with van der Waals surface area (Å²) in [5.41, 5.74) is -0.350. The Hall–Kier alpha value is -0.190. The Balaban J connectivity index is 2.31. The van der Waals surface area contributed by atoms with Crippen LogP contribution in [0.2, 0.25) is 5.15 Å². The van der Waals surface area contributed by atoms with E-state index in [-0.39, 0.29) is 5.60 Å². The topological polar surface area (TPSA) is 35.0 Å². The molecule has 0 spiro atoms.